The Bertz CT molecular complexity index is 563. The molecule has 96 valence electrons. The van der Waals surface area contributed by atoms with E-state index in [0.29, 0.717) is 22.5 Å². The number of ether oxygens (including phenoxy) is 1. The maximum atomic E-state index is 6.13. The topological polar surface area (TPSA) is 63.9 Å². The zero-order valence-electron chi connectivity index (χ0n) is 10.6. The first-order valence-electron chi connectivity index (χ1n) is 5.72. The summed E-state index contributed by atoms with van der Waals surface area (Å²) < 4.78 is 5.14. The molecule has 0 amide bonds. The van der Waals surface area contributed by atoms with Crippen molar-refractivity contribution in [2.75, 3.05) is 12.8 Å². The van der Waals surface area contributed by atoms with Gasteiger partial charge in [-0.25, -0.2) is 0 Å². The number of nitrogens with two attached hydrogens (primary N) is 1. The van der Waals surface area contributed by atoms with Gasteiger partial charge in [-0.15, -0.1) is 0 Å². The summed E-state index contributed by atoms with van der Waals surface area (Å²) in [7, 11) is 1.59. The SMILES string of the molecule is COc1ccc(-c2c(N)n[nH]c2C(C)C)cc1Cl. The van der Waals surface area contributed by atoms with Gasteiger partial charge in [-0.1, -0.05) is 31.5 Å². The highest BCUT2D eigenvalue weighted by Gasteiger charge is 2.16. The predicted octanol–water partition coefficient (Wildman–Crippen LogP) is 3.44. The predicted molar refractivity (Wildman–Crippen MR) is 74.1 cm³/mol. The monoisotopic (exact) mass is 265 g/mol. The molecule has 1 aromatic heterocycles. The minimum Gasteiger partial charge on any atom is -0.495 e. The molecule has 18 heavy (non-hydrogen) atoms. The molecule has 4 nitrogen and oxygen atoms in total. The molecule has 0 unspecified atom stereocenters. The van der Waals surface area contributed by atoms with E-state index in [2.05, 4.69) is 24.0 Å². The molecule has 1 heterocycles. The van der Waals surface area contributed by atoms with E-state index in [9.17, 15) is 0 Å². The van der Waals surface area contributed by atoms with Gasteiger partial charge in [-0.2, -0.15) is 5.10 Å². The van der Waals surface area contributed by atoms with Gasteiger partial charge in [0, 0.05) is 11.3 Å². The summed E-state index contributed by atoms with van der Waals surface area (Å²) in [5.41, 5.74) is 8.78. The van der Waals surface area contributed by atoms with Gasteiger partial charge in [-0.3, -0.25) is 5.10 Å². The Morgan fingerprint density at radius 1 is 1.39 bits per heavy atom. The highest BCUT2D eigenvalue weighted by Crippen LogP contribution is 2.36. The van der Waals surface area contributed by atoms with Crippen molar-refractivity contribution >= 4 is 17.4 Å². The highest BCUT2D eigenvalue weighted by atomic mass is 35.5. The number of H-pyrrole nitrogens is 1. The number of hydrogen-bond donors (Lipinski definition) is 2. The summed E-state index contributed by atoms with van der Waals surface area (Å²) in [5.74, 6) is 1.44. The molecule has 0 saturated carbocycles. The van der Waals surface area contributed by atoms with Crippen LogP contribution in [-0.2, 0) is 0 Å². The minimum absolute atomic E-state index is 0.311. The van der Waals surface area contributed by atoms with Gasteiger partial charge in [-0.05, 0) is 23.6 Å². The lowest BCUT2D eigenvalue weighted by molar-refractivity contribution is 0.415. The van der Waals surface area contributed by atoms with Crippen LogP contribution in [0, 0.1) is 0 Å². The van der Waals surface area contributed by atoms with Crippen LogP contribution in [-0.4, -0.2) is 17.3 Å². The molecule has 0 saturated heterocycles. The van der Waals surface area contributed by atoms with Gasteiger partial charge in [0.2, 0.25) is 0 Å². The van der Waals surface area contributed by atoms with Crippen molar-refractivity contribution in [3.05, 3.63) is 28.9 Å². The van der Waals surface area contributed by atoms with Crippen LogP contribution in [0.2, 0.25) is 5.02 Å². The molecule has 2 rings (SSSR count). The van der Waals surface area contributed by atoms with Gasteiger partial charge in [0.15, 0.2) is 5.82 Å². The number of benzene rings is 1. The van der Waals surface area contributed by atoms with Gasteiger partial charge in [0.25, 0.3) is 0 Å². The van der Waals surface area contributed by atoms with E-state index >= 15 is 0 Å². The van der Waals surface area contributed by atoms with Crippen molar-refractivity contribution in [2.45, 2.75) is 19.8 Å². The van der Waals surface area contributed by atoms with Crippen molar-refractivity contribution in [2.24, 2.45) is 0 Å². The average Bonchev–Trinajstić information content (AvgIpc) is 2.71. The molecule has 3 N–H and O–H groups in total. The molecule has 0 aliphatic carbocycles. The summed E-state index contributed by atoms with van der Waals surface area (Å²) in [5, 5.41) is 7.60. The quantitative estimate of drug-likeness (QED) is 0.893. The molecule has 0 atom stereocenters. The lowest BCUT2D eigenvalue weighted by Gasteiger charge is -2.09. The Morgan fingerprint density at radius 2 is 2.11 bits per heavy atom. The van der Waals surface area contributed by atoms with Crippen LogP contribution in [0.4, 0.5) is 5.82 Å². The first-order valence-corrected chi connectivity index (χ1v) is 6.10. The Hall–Kier alpha value is -1.68. The van der Waals surface area contributed by atoms with E-state index in [1.807, 2.05) is 18.2 Å². The largest absolute Gasteiger partial charge is 0.495 e. The van der Waals surface area contributed by atoms with Crippen LogP contribution in [0.1, 0.15) is 25.5 Å². The number of nitrogens with zero attached hydrogens (tertiary/aromatic N) is 1. The Labute approximate surface area is 111 Å². The molecule has 0 radical (unpaired) electrons. The highest BCUT2D eigenvalue weighted by molar-refractivity contribution is 6.32. The van der Waals surface area contributed by atoms with E-state index in [1.165, 1.54) is 0 Å². The fourth-order valence-corrected chi connectivity index (χ4v) is 2.17. The van der Waals surface area contributed by atoms with Crippen LogP contribution in [0.15, 0.2) is 18.2 Å². The number of aromatic amines is 1. The summed E-state index contributed by atoms with van der Waals surface area (Å²) in [6, 6.07) is 5.60. The summed E-state index contributed by atoms with van der Waals surface area (Å²) >= 11 is 6.13. The van der Waals surface area contributed by atoms with Gasteiger partial charge < -0.3 is 10.5 Å². The number of aromatic nitrogens is 2. The Balaban J connectivity index is 2.55. The standard InChI is InChI=1S/C13H16ClN3O/c1-7(2)12-11(13(15)17-16-12)8-4-5-10(18-3)9(14)6-8/h4-7H,1-3H3,(H3,15,16,17). The summed E-state index contributed by atoms with van der Waals surface area (Å²) in [6.07, 6.45) is 0. The van der Waals surface area contributed by atoms with E-state index in [-0.39, 0.29) is 0 Å². The molecular weight excluding hydrogens is 250 g/mol. The fraction of sp³-hybridized carbons (Fsp3) is 0.308. The maximum Gasteiger partial charge on any atom is 0.153 e. The molecule has 0 spiro atoms. The van der Waals surface area contributed by atoms with Crippen molar-refractivity contribution in [1.29, 1.82) is 0 Å². The van der Waals surface area contributed by atoms with Gasteiger partial charge in [0.1, 0.15) is 5.75 Å². The number of nitrogen functional groups attached to an aromatic ring is 1. The second-order valence-corrected chi connectivity index (χ2v) is 4.81. The van der Waals surface area contributed by atoms with Crippen molar-refractivity contribution in [3.8, 4) is 16.9 Å². The number of nitrogens with one attached hydrogen (secondary N) is 1. The number of anilines is 1. The molecule has 0 bridgehead atoms. The molecule has 5 heteroatoms. The first kappa shape index (κ1) is 12.8. The first-order chi connectivity index (χ1) is 8.54. The van der Waals surface area contributed by atoms with Gasteiger partial charge in [0.05, 0.1) is 12.1 Å². The third-order valence-electron chi connectivity index (χ3n) is 2.84. The summed E-state index contributed by atoms with van der Waals surface area (Å²) in [4.78, 5) is 0. The zero-order chi connectivity index (χ0) is 13.3. The maximum absolute atomic E-state index is 6.13. The van der Waals surface area contributed by atoms with Crippen LogP contribution < -0.4 is 10.5 Å². The normalized spacial score (nSPS) is 10.9. The number of halogens is 1. The van der Waals surface area contributed by atoms with E-state index in [4.69, 9.17) is 22.1 Å². The van der Waals surface area contributed by atoms with Crippen molar-refractivity contribution in [3.63, 3.8) is 0 Å². The molecule has 1 aromatic carbocycles. The Kier molecular flexibility index (Phi) is 3.48. The lowest BCUT2D eigenvalue weighted by atomic mass is 9.99. The minimum atomic E-state index is 0.311. The van der Waals surface area contributed by atoms with Crippen LogP contribution in [0.3, 0.4) is 0 Å². The third-order valence-corrected chi connectivity index (χ3v) is 3.14. The second-order valence-electron chi connectivity index (χ2n) is 4.40. The molecule has 0 fully saturated rings. The third kappa shape index (κ3) is 2.16. The van der Waals surface area contributed by atoms with E-state index < -0.39 is 0 Å². The number of hydrogen-bond acceptors (Lipinski definition) is 3. The second kappa shape index (κ2) is 4.90. The number of methoxy groups -OCH3 is 1. The summed E-state index contributed by atoms with van der Waals surface area (Å²) in [6.45, 7) is 4.17. The molecule has 0 aliphatic rings. The fourth-order valence-electron chi connectivity index (χ4n) is 1.91. The molecular formula is C13H16ClN3O. The van der Waals surface area contributed by atoms with Crippen molar-refractivity contribution in [1.82, 2.24) is 10.2 Å². The van der Waals surface area contributed by atoms with Gasteiger partial charge >= 0.3 is 0 Å². The number of rotatable bonds is 3. The lowest BCUT2D eigenvalue weighted by Crippen LogP contribution is -1.93. The van der Waals surface area contributed by atoms with Crippen LogP contribution in [0.5, 0.6) is 5.75 Å². The van der Waals surface area contributed by atoms with E-state index in [1.54, 1.807) is 7.11 Å². The van der Waals surface area contributed by atoms with Crippen LogP contribution in [0.25, 0.3) is 11.1 Å². The van der Waals surface area contributed by atoms with Crippen molar-refractivity contribution < 1.29 is 4.74 Å². The average molecular weight is 266 g/mol. The smallest absolute Gasteiger partial charge is 0.153 e. The molecule has 0 aliphatic heterocycles. The molecule has 2 aromatic rings. The van der Waals surface area contributed by atoms with E-state index in [0.717, 1.165) is 16.8 Å². The Morgan fingerprint density at radius 3 is 2.67 bits per heavy atom. The van der Waals surface area contributed by atoms with Crippen LogP contribution >= 0.6 is 11.6 Å². The zero-order valence-corrected chi connectivity index (χ0v) is 11.4.